The molecule has 1 aliphatic heterocycles. The average molecular weight is 196 g/mol. The minimum atomic E-state index is 0.0616. The highest BCUT2D eigenvalue weighted by atomic mass is 16.5. The Kier molecular flexibility index (Phi) is 4.53. The lowest BCUT2D eigenvalue weighted by Gasteiger charge is -2.11. The predicted molar refractivity (Wildman–Crippen MR) is 53.1 cm³/mol. The minimum absolute atomic E-state index is 0.0616. The molecule has 0 aromatic rings. The summed E-state index contributed by atoms with van der Waals surface area (Å²) in [6.45, 7) is 2.93. The van der Waals surface area contributed by atoms with Gasteiger partial charge in [0.25, 0.3) is 0 Å². The quantitative estimate of drug-likeness (QED) is 0.671. The fourth-order valence-electron chi connectivity index (χ4n) is 1.34. The van der Waals surface area contributed by atoms with E-state index >= 15 is 0 Å². The molecule has 1 aliphatic rings. The number of carbonyl (C=O) groups excluding carboxylic acids is 2. The molecular weight excluding hydrogens is 180 g/mol. The first kappa shape index (κ1) is 11.1. The minimum Gasteiger partial charge on any atom is -0.376 e. The zero-order chi connectivity index (χ0) is 10.4. The van der Waals surface area contributed by atoms with Gasteiger partial charge in [0.15, 0.2) is 5.78 Å². The van der Waals surface area contributed by atoms with E-state index in [0.717, 1.165) is 12.0 Å². The van der Waals surface area contributed by atoms with Gasteiger partial charge < -0.3 is 4.74 Å². The van der Waals surface area contributed by atoms with Gasteiger partial charge in [0.2, 0.25) is 0 Å². The molecule has 14 heavy (non-hydrogen) atoms. The summed E-state index contributed by atoms with van der Waals surface area (Å²) in [4.78, 5) is 22.5. The summed E-state index contributed by atoms with van der Waals surface area (Å²) in [7, 11) is 0. The summed E-state index contributed by atoms with van der Waals surface area (Å²) < 4.78 is 5.16. The van der Waals surface area contributed by atoms with E-state index in [4.69, 9.17) is 4.74 Å². The van der Waals surface area contributed by atoms with Crippen molar-refractivity contribution in [2.24, 2.45) is 0 Å². The fourth-order valence-corrected chi connectivity index (χ4v) is 1.34. The molecule has 0 amide bonds. The van der Waals surface area contributed by atoms with Crippen LogP contribution in [-0.2, 0) is 14.3 Å². The number of hydrogen-bond donors (Lipinski definition) is 0. The van der Waals surface area contributed by atoms with Crippen LogP contribution in [0.3, 0.4) is 0 Å². The molecule has 0 aromatic carbocycles. The lowest BCUT2D eigenvalue weighted by molar-refractivity contribution is -0.122. The van der Waals surface area contributed by atoms with E-state index in [9.17, 15) is 9.59 Å². The second-order valence-corrected chi connectivity index (χ2v) is 3.39. The molecule has 1 heterocycles. The lowest BCUT2D eigenvalue weighted by atomic mass is 10.0. The van der Waals surface area contributed by atoms with Gasteiger partial charge in [0.1, 0.15) is 5.78 Å². The zero-order valence-corrected chi connectivity index (χ0v) is 8.54. The van der Waals surface area contributed by atoms with Gasteiger partial charge in [-0.2, -0.15) is 0 Å². The van der Waals surface area contributed by atoms with Gasteiger partial charge in [-0.15, -0.1) is 0 Å². The van der Waals surface area contributed by atoms with Crippen molar-refractivity contribution in [3.63, 3.8) is 0 Å². The lowest BCUT2D eigenvalue weighted by Crippen LogP contribution is -2.14. The van der Waals surface area contributed by atoms with Gasteiger partial charge in [-0.3, -0.25) is 9.59 Å². The molecule has 0 saturated carbocycles. The number of ketones is 2. The molecule has 0 aliphatic carbocycles. The molecular formula is C11H16O3. The summed E-state index contributed by atoms with van der Waals surface area (Å²) in [5, 5.41) is 0. The van der Waals surface area contributed by atoms with Crippen molar-refractivity contribution < 1.29 is 14.3 Å². The van der Waals surface area contributed by atoms with Crippen molar-refractivity contribution in [3.05, 3.63) is 11.6 Å². The van der Waals surface area contributed by atoms with E-state index in [2.05, 4.69) is 0 Å². The standard InChI is InChI=1S/C11H16O3/c1-2-10(12)5-6-11(13)9-4-3-7-14-8-9/h4H,2-3,5-8H2,1H3. The van der Waals surface area contributed by atoms with Crippen LogP contribution in [0.15, 0.2) is 11.6 Å². The Morgan fingerprint density at radius 3 is 2.79 bits per heavy atom. The van der Waals surface area contributed by atoms with Crippen LogP contribution >= 0.6 is 0 Å². The van der Waals surface area contributed by atoms with E-state index in [1.807, 2.05) is 13.0 Å². The van der Waals surface area contributed by atoms with Crippen LogP contribution in [0.4, 0.5) is 0 Å². The molecule has 0 unspecified atom stereocenters. The summed E-state index contributed by atoms with van der Waals surface area (Å²) in [5.74, 6) is 0.210. The topological polar surface area (TPSA) is 43.4 Å². The van der Waals surface area contributed by atoms with Crippen LogP contribution in [0, 0.1) is 0 Å². The maximum atomic E-state index is 11.5. The number of hydrogen-bond acceptors (Lipinski definition) is 3. The number of carbonyl (C=O) groups is 2. The Bertz CT molecular complexity index is 253. The molecule has 0 radical (unpaired) electrons. The van der Waals surface area contributed by atoms with Gasteiger partial charge in [-0.25, -0.2) is 0 Å². The summed E-state index contributed by atoms with van der Waals surface area (Å²) in [5.41, 5.74) is 0.736. The molecule has 78 valence electrons. The Morgan fingerprint density at radius 1 is 1.43 bits per heavy atom. The molecule has 0 spiro atoms. The first-order valence-corrected chi connectivity index (χ1v) is 5.05. The molecule has 0 fully saturated rings. The van der Waals surface area contributed by atoms with Crippen LogP contribution in [0.1, 0.15) is 32.6 Å². The Balaban J connectivity index is 2.34. The molecule has 1 rings (SSSR count). The average Bonchev–Trinajstić information content (AvgIpc) is 2.26. The Hall–Kier alpha value is -0.960. The number of ether oxygens (including phenoxy) is 1. The number of Topliss-reactive ketones (excluding diaryl/α,β-unsaturated/α-hetero) is 2. The van der Waals surface area contributed by atoms with Gasteiger partial charge in [0, 0.05) is 24.8 Å². The van der Waals surface area contributed by atoms with E-state index in [1.54, 1.807) is 0 Å². The van der Waals surface area contributed by atoms with Gasteiger partial charge in [-0.05, 0) is 6.42 Å². The summed E-state index contributed by atoms with van der Waals surface area (Å²) >= 11 is 0. The van der Waals surface area contributed by atoms with Gasteiger partial charge in [0.05, 0.1) is 13.2 Å². The van der Waals surface area contributed by atoms with E-state index in [0.29, 0.717) is 32.5 Å². The molecule has 0 bridgehead atoms. The van der Waals surface area contributed by atoms with Crippen LogP contribution in [-0.4, -0.2) is 24.8 Å². The van der Waals surface area contributed by atoms with Crippen LogP contribution in [0.5, 0.6) is 0 Å². The Labute approximate surface area is 84.1 Å². The van der Waals surface area contributed by atoms with Crippen LogP contribution in [0.2, 0.25) is 0 Å². The highest BCUT2D eigenvalue weighted by Gasteiger charge is 2.13. The molecule has 0 aromatic heterocycles. The maximum absolute atomic E-state index is 11.5. The third-order valence-electron chi connectivity index (χ3n) is 2.29. The van der Waals surface area contributed by atoms with Crippen molar-refractivity contribution in [1.29, 1.82) is 0 Å². The molecule has 3 heteroatoms. The Morgan fingerprint density at radius 2 is 2.21 bits per heavy atom. The van der Waals surface area contributed by atoms with Crippen molar-refractivity contribution in [2.75, 3.05) is 13.2 Å². The van der Waals surface area contributed by atoms with Crippen molar-refractivity contribution in [1.82, 2.24) is 0 Å². The van der Waals surface area contributed by atoms with Gasteiger partial charge >= 0.3 is 0 Å². The highest BCUT2D eigenvalue weighted by Crippen LogP contribution is 2.10. The van der Waals surface area contributed by atoms with Crippen LogP contribution < -0.4 is 0 Å². The second-order valence-electron chi connectivity index (χ2n) is 3.39. The maximum Gasteiger partial charge on any atom is 0.161 e. The molecule has 0 saturated heterocycles. The normalized spacial score (nSPS) is 16.2. The fraction of sp³-hybridized carbons (Fsp3) is 0.636. The van der Waals surface area contributed by atoms with E-state index in [1.165, 1.54) is 0 Å². The summed E-state index contributed by atoms with van der Waals surface area (Å²) in [6, 6.07) is 0. The van der Waals surface area contributed by atoms with Gasteiger partial charge in [-0.1, -0.05) is 13.0 Å². The zero-order valence-electron chi connectivity index (χ0n) is 8.54. The third kappa shape index (κ3) is 3.42. The first-order chi connectivity index (χ1) is 6.74. The third-order valence-corrected chi connectivity index (χ3v) is 2.29. The second kappa shape index (κ2) is 5.70. The van der Waals surface area contributed by atoms with Crippen LogP contribution in [0.25, 0.3) is 0 Å². The van der Waals surface area contributed by atoms with E-state index in [-0.39, 0.29) is 11.6 Å². The molecule has 0 N–H and O–H groups in total. The van der Waals surface area contributed by atoms with E-state index < -0.39 is 0 Å². The monoisotopic (exact) mass is 196 g/mol. The smallest absolute Gasteiger partial charge is 0.161 e. The SMILES string of the molecule is CCC(=O)CCC(=O)C1=CCCOC1. The first-order valence-electron chi connectivity index (χ1n) is 5.05. The molecule has 3 nitrogen and oxygen atoms in total. The highest BCUT2D eigenvalue weighted by molar-refractivity contribution is 5.97. The van der Waals surface area contributed by atoms with Crippen molar-refractivity contribution in [3.8, 4) is 0 Å². The predicted octanol–water partition coefficient (Wildman–Crippen LogP) is 1.66. The van der Waals surface area contributed by atoms with Crippen molar-refractivity contribution >= 4 is 11.6 Å². The summed E-state index contributed by atoms with van der Waals surface area (Å²) in [6.07, 6.45) is 3.95. The number of rotatable bonds is 5. The largest absolute Gasteiger partial charge is 0.376 e. The molecule has 0 atom stereocenters. The van der Waals surface area contributed by atoms with Crippen molar-refractivity contribution in [2.45, 2.75) is 32.6 Å².